The molecule has 2 heteroatoms. The quantitative estimate of drug-likeness (QED) is 0.686. The third-order valence-corrected chi connectivity index (χ3v) is 8.94. The number of aliphatic hydroxyl groups excluding tert-OH is 2. The van der Waals surface area contributed by atoms with E-state index in [1.54, 1.807) is 0 Å². The molecule has 0 heterocycles. The average molecular weight is 349 g/mol. The lowest BCUT2D eigenvalue weighted by Gasteiger charge is -2.56. The van der Waals surface area contributed by atoms with Crippen molar-refractivity contribution >= 4 is 0 Å². The van der Waals surface area contributed by atoms with Crippen LogP contribution in [0.15, 0.2) is 0 Å². The summed E-state index contributed by atoms with van der Waals surface area (Å²) in [7, 11) is 0. The van der Waals surface area contributed by atoms with Crippen LogP contribution in [0.5, 0.6) is 0 Å². The normalized spacial score (nSPS) is 52.1. The Morgan fingerprint density at radius 2 is 1.56 bits per heavy atom. The third-order valence-electron chi connectivity index (χ3n) is 8.94. The van der Waals surface area contributed by atoms with Gasteiger partial charge in [-0.1, -0.05) is 26.2 Å². The predicted molar refractivity (Wildman–Crippen MR) is 102 cm³/mol. The van der Waals surface area contributed by atoms with Gasteiger partial charge in [0.15, 0.2) is 0 Å². The molecule has 9 unspecified atom stereocenters. The SMILES string of the molecule is C1CC1.CC(O)C1CCC2C3CCC4CC(O)CCC4C3CCC12C. The molecule has 144 valence electrons. The molecule has 0 amide bonds. The van der Waals surface area contributed by atoms with Crippen molar-refractivity contribution in [3.63, 3.8) is 0 Å². The monoisotopic (exact) mass is 348 g/mol. The summed E-state index contributed by atoms with van der Waals surface area (Å²) in [6.07, 6.45) is 15.8. The third kappa shape index (κ3) is 3.43. The highest BCUT2D eigenvalue weighted by atomic mass is 16.3. The second kappa shape index (κ2) is 7.15. The average Bonchev–Trinajstić information content (AvgIpc) is 3.41. The summed E-state index contributed by atoms with van der Waals surface area (Å²) >= 11 is 0. The Morgan fingerprint density at radius 3 is 2.24 bits per heavy atom. The molecular weight excluding hydrogens is 308 g/mol. The standard InChI is InChI=1S/C20H34O2.C3H6/c1-12(21)18-7-8-19-17-5-3-13-11-14(22)4-6-15(13)16(17)9-10-20(18,19)2;1-2-3-1/h12-19,21-22H,3-11H2,1-2H3;1-3H2. The van der Waals surface area contributed by atoms with Crippen LogP contribution in [0.1, 0.15) is 90.9 Å². The Labute approximate surface area is 154 Å². The molecular formula is C23H40O2. The van der Waals surface area contributed by atoms with Crippen molar-refractivity contribution in [3.8, 4) is 0 Å². The summed E-state index contributed by atoms with van der Waals surface area (Å²) in [6, 6.07) is 0. The maximum absolute atomic E-state index is 10.2. The Bertz CT molecular complexity index is 456. The first-order valence-electron chi connectivity index (χ1n) is 11.4. The Kier molecular flexibility index (Phi) is 5.23. The van der Waals surface area contributed by atoms with Gasteiger partial charge in [0, 0.05) is 0 Å². The summed E-state index contributed by atoms with van der Waals surface area (Å²) in [4.78, 5) is 0. The van der Waals surface area contributed by atoms with Crippen molar-refractivity contribution < 1.29 is 10.2 Å². The van der Waals surface area contributed by atoms with E-state index >= 15 is 0 Å². The van der Waals surface area contributed by atoms with Gasteiger partial charge >= 0.3 is 0 Å². The lowest BCUT2D eigenvalue weighted by molar-refractivity contribution is -0.0886. The number of hydrogen-bond acceptors (Lipinski definition) is 2. The first kappa shape index (κ1) is 18.3. The van der Waals surface area contributed by atoms with Crippen LogP contribution in [0.25, 0.3) is 0 Å². The first-order chi connectivity index (χ1) is 12.0. The number of fused-ring (bicyclic) bond motifs is 5. The van der Waals surface area contributed by atoms with Crippen LogP contribution in [0.3, 0.4) is 0 Å². The van der Waals surface area contributed by atoms with E-state index in [9.17, 15) is 10.2 Å². The fourth-order valence-corrected chi connectivity index (χ4v) is 7.66. The molecule has 5 rings (SSSR count). The van der Waals surface area contributed by atoms with Crippen LogP contribution in [-0.2, 0) is 0 Å². The Hall–Kier alpha value is -0.0800. The highest BCUT2D eigenvalue weighted by Crippen LogP contribution is 2.64. The molecule has 2 nitrogen and oxygen atoms in total. The largest absolute Gasteiger partial charge is 0.393 e. The lowest BCUT2D eigenvalue weighted by Crippen LogP contribution is -2.49. The zero-order chi connectivity index (χ0) is 17.6. The molecule has 0 aromatic rings. The van der Waals surface area contributed by atoms with Crippen molar-refractivity contribution in [2.75, 3.05) is 0 Å². The summed E-state index contributed by atoms with van der Waals surface area (Å²) in [6.45, 7) is 4.51. The minimum Gasteiger partial charge on any atom is -0.393 e. The molecule has 0 radical (unpaired) electrons. The van der Waals surface area contributed by atoms with E-state index in [2.05, 4.69) is 6.92 Å². The van der Waals surface area contributed by atoms with E-state index in [0.717, 1.165) is 42.4 Å². The van der Waals surface area contributed by atoms with E-state index in [1.165, 1.54) is 64.2 Å². The van der Waals surface area contributed by atoms with Crippen LogP contribution >= 0.6 is 0 Å². The fourth-order valence-electron chi connectivity index (χ4n) is 7.66. The first-order valence-corrected chi connectivity index (χ1v) is 11.4. The summed E-state index contributed by atoms with van der Waals surface area (Å²) in [5, 5.41) is 20.2. The molecule has 0 aliphatic heterocycles. The highest BCUT2D eigenvalue weighted by molar-refractivity contribution is 5.06. The summed E-state index contributed by atoms with van der Waals surface area (Å²) in [5.74, 6) is 4.94. The van der Waals surface area contributed by atoms with Gasteiger partial charge in [0.25, 0.3) is 0 Å². The van der Waals surface area contributed by atoms with Gasteiger partial charge in [-0.05, 0) is 106 Å². The maximum Gasteiger partial charge on any atom is 0.0545 e. The van der Waals surface area contributed by atoms with E-state index in [1.807, 2.05) is 6.92 Å². The van der Waals surface area contributed by atoms with Crippen molar-refractivity contribution in [1.82, 2.24) is 0 Å². The minimum absolute atomic E-state index is 0.0160. The van der Waals surface area contributed by atoms with E-state index in [4.69, 9.17) is 0 Å². The van der Waals surface area contributed by atoms with Gasteiger partial charge in [-0.15, -0.1) is 0 Å². The van der Waals surface area contributed by atoms with Crippen molar-refractivity contribution in [3.05, 3.63) is 0 Å². The van der Waals surface area contributed by atoms with Crippen LogP contribution < -0.4 is 0 Å². The molecule has 0 spiro atoms. The number of aliphatic hydroxyl groups is 2. The molecule has 5 aliphatic carbocycles. The Morgan fingerprint density at radius 1 is 0.840 bits per heavy atom. The van der Waals surface area contributed by atoms with Gasteiger partial charge < -0.3 is 10.2 Å². The topological polar surface area (TPSA) is 40.5 Å². The zero-order valence-corrected chi connectivity index (χ0v) is 16.5. The van der Waals surface area contributed by atoms with Crippen molar-refractivity contribution in [1.29, 1.82) is 0 Å². The van der Waals surface area contributed by atoms with E-state index < -0.39 is 0 Å². The van der Waals surface area contributed by atoms with Gasteiger partial charge in [0.1, 0.15) is 0 Å². The smallest absolute Gasteiger partial charge is 0.0545 e. The second-order valence-corrected chi connectivity index (χ2v) is 10.4. The highest BCUT2D eigenvalue weighted by Gasteiger charge is 2.57. The van der Waals surface area contributed by atoms with Crippen LogP contribution in [0.2, 0.25) is 0 Å². The zero-order valence-electron chi connectivity index (χ0n) is 16.5. The van der Waals surface area contributed by atoms with Crippen LogP contribution in [0, 0.1) is 40.9 Å². The van der Waals surface area contributed by atoms with Gasteiger partial charge in [0.05, 0.1) is 12.2 Å². The molecule has 9 atom stereocenters. The summed E-state index contributed by atoms with van der Waals surface area (Å²) in [5.41, 5.74) is 0.399. The second-order valence-electron chi connectivity index (χ2n) is 10.4. The van der Waals surface area contributed by atoms with Crippen molar-refractivity contribution in [2.45, 2.75) is 103 Å². The molecule has 0 aromatic heterocycles. The molecule has 0 aromatic carbocycles. The number of rotatable bonds is 1. The molecule has 5 aliphatic rings. The van der Waals surface area contributed by atoms with Crippen molar-refractivity contribution in [2.24, 2.45) is 40.9 Å². The van der Waals surface area contributed by atoms with Crippen LogP contribution in [0.4, 0.5) is 0 Å². The number of hydrogen-bond donors (Lipinski definition) is 2. The fraction of sp³-hybridized carbons (Fsp3) is 1.00. The molecule has 5 saturated carbocycles. The van der Waals surface area contributed by atoms with Gasteiger partial charge in [0.2, 0.25) is 0 Å². The molecule has 0 saturated heterocycles. The maximum atomic E-state index is 10.2. The molecule has 25 heavy (non-hydrogen) atoms. The lowest BCUT2D eigenvalue weighted by atomic mass is 9.49. The van der Waals surface area contributed by atoms with Crippen LogP contribution in [-0.4, -0.2) is 22.4 Å². The Balaban J connectivity index is 0.000000474. The van der Waals surface area contributed by atoms with E-state index in [-0.39, 0.29) is 12.2 Å². The molecule has 5 fully saturated rings. The van der Waals surface area contributed by atoms with E-state index in [0.29, 0.717) is 11.3 Å². The molecule has 2 N–H and O–H groups in total. The van der Waals surface area contributed by atoms with Gasteiger partial charge in [-0.25, -0.2) is 0 Å². The predicted octanol–water partition coefficient (Wildman–Crippen LogP) is 5.17. The van der Waals surface area contributed by atoms with Gasteiger partial charge in [-0.2, -0.15) is 0 Å². The van der Waals surface area contributed by atoms with Gasteiger partial charge in [-0.3, -0.25) is 0 Å². The molecule has 0 bridgehead atoms. The summed E-state index contributed by atoms with van der Waals surface area (Å²) < 4.78 is 0. The minimum atomic E-state index is -0.132.